The Hall–Kier alpha value is -2.75. The Bertz CT molecular complexity index is 738. The number of fused-ring (bicyclic) bond motifs is 1. The van der Waals surface area contributed by atoms with Crippen molar-refractivity contribution in [1.82, 2.24) is 9.78 Å². The van der Waals surface area contributed by atoms with E-state index in [1.165, 1.54) is 11.8 Å². The molecule has 7 nitrogen and oxygen atoms in total. The number of ether oxygens (including phenoxy) is 2. The molecule has 7 heteroatoms. The van der Waals surface area contributed by atoms with Crippen LogP contribution in [0.3, 0.4) is 0 Å². The van der Waals surface area contributed by atoms with Crippen molar-refractivity contribution in [3.8, 4) is 11.8 Å². The molecule has 0 saturated carbocycles. The molecule has 0 atom stereocenters. The largest absolute Gasteiger partial charge is 0.492 e. The fourth-order valence-corrected chi connectivity index (χ4v) is 2.05. The molecular formula is C15H18N4O3. The zero-order chi connectivity index (χ0) is 16.3. The van der Waals surface area contributed by atoms with E-state index < -0.39 is 11.7 Å². The van der Waals surface area contributed by atoms with E-state index in [0.717, 1.165) is 5.39 Å². The Kier molecular flexibility index (Phi) is 4.22. The summed E-state index contributed by atoms with van der Waals surface area (Å²) in [6, 6.07) is 5.55. The molecule has 1 N–H and O–H groups in total. The molecule has 0 fully saturated rings. The van der Waals surface area contributed by atoms with Crippen LogP contribution >= 0.6 is 0 Å². The summed E-state index contributed by atoms with van der Waals surface area (Å²) in [6.45, 7) is 5.45. The van der Waals surface area contributed by atoms with Crippen molar-refractivity contribution in [3.63, 3.8) is 0 Å². The van der Waals surface area contributed by atoms with Crippen LogP contribution in [-0.2, 0) is 11.3 Å². The van der Waals surface area contributed by atoms with Gasteiger partial charge in [-0.3, -0.25) is 5.32 Å². The number of nitrogens with one attached hydrogen (secondary N) is 1. The minimum atomic E-state index is -0.593. The van der Waals surface area contributed by atoms with Gasteiger partial charge in [-0.15, -0.1) is 0 Å². The average Bonchev–Trinajstić information content (AvgIpc) is 2.80. The number of nitrogens with zero attached hydrogens (tertiary/aromatic N) is 3. The molecule has 22 heavy (non-hydrogen) atoms. The Morgan fingerprint density at radius 1 is 1.45 bits per heavy atom. The van der Waals surface area contributed by atoms with Crippen LogP contribution in [0.1, 0.15) is 20.8 Å². The second kappa shape index (κ2) is 5.93. The summed E-state index contributed by atoms with van der Waals surface area (Å²) in [6.07, 6.45) is 1.07. The van der Waals surface area contributed by atoms with Crippen LogP contribution in [0.5, 0.6) is 5.75 Å². The highest BCUT2D eigenvalue weighted by molar-refractivity contribution is 5.96. The standard InChI is InChI=1S/C15H18N4O3/c1-15(2,3)22-14(20)18-11-6-5-10-9-17-19(8-7-16)12(10)13(11)21-4/h5-6,9H,8H2,1-4H3,(H,18,20). The molecule has 0 aliphatic carbocycles. The zero-order valence-electron chi connectivity index (χ0n) is 13.0. The minimum Gasteiger partial charge on any atom is -0.492 e. The van der Waals surface area contributed by atoms with E-state index in [1.54, 1.807) is 39.1 Å². The number of benzene rings is 1. The van der Waals surface area contributed by atoms with Crippen LogP contribution < -0.4 is 10.1 Å². The first-order valence-corrected chi connectivity index (χ1v) is 6.75. The second-order valence-electron chi connectivity index (χ2n) is 5.67. The van der Waals surface area contributed by atoms with E-state index in [9.17, 15) is 4.79 Å². The molecule has 0 radical (unpaired) electrons. The van der Waals surface area contributed by atoms with Crippen molar-refractivity contribution >= 4 is 22.7 Å². The molecule has 0 bridgehead atoms. The minimum absolute atomic E-state index is 0.0930. The molecule has 0 aliphatic heterocycles. The third-order valence-corrected chi connectivity index (χ3v) is 2.82. The third kappa shape index (κ3) is 3.28. The number of anilines is 1. The number of rotatable bonds is 3. The molecule has 1 heterocycles. The normalized spacial score (nSPS) is 11.0. The maximum absolute atomic E-state index is 11.9. The van der Waals surface area contributed by atoms with E-state index in [0.29, 0.717) is 17.0 Å². The van der Waals surface area contributed by atoms with Crippen LogP contribution in [0, 0.1) is 11.3 Å². The molecular weight excluding hydrogens is 284 g/mol. The molecule has 0 spiro atoms. The molecule has 2 aromatic rings. The Morgan fingerprint density at radius 3 is 2.77 bits per heavy atom. The summed E-state index contributed by atoms with van der Waals surface area (Å²) >= 11 is 0. The summed E-state index contributed by atoms with van der Waals surface area (Å²) in [5.74, 6) is 0.441. The van der Waals surface area contributed by atoms with Crippen LogP contribution in [0.15, 0.2) is 18.3 Å². The van der Waals surface area contributed by atoms with Gasteiger partial charge >= 0.3 is 6.09 Å². The third-order valence-electron chi connectivity index (χ3n) is 2.82. The molecule has 0 unspecified atom stereocenters. The number of carbonyl (C=O) groups excluding carboxylic acids is 1. The van der Waals surface area contributed by atoms with E-state index in [4.69, 9.17) is 14.7 Å². The highest BCUT2D eigenvalue weighted by Gasteiger charge is 2.19. The highest BCUT2D eigenvalue weighted by Crippen LogP contribution is 2.33. The van der Waals surface area contributed by atoms with Gasteiger partial charge in [-0.1, -0.05) is 0 Å². The zero-order valence-corrected chi connectivity index (χ0v) is 13.0. The van der Waals surface area contributed by atoms with Gasteiger partial charge in [-0.25, -0.2) is 9.48 Å². The Morgan fingerprint density at radius 2 is 2.18 bits per heavy atom. The van der Waals surface area contributed by atoms with E-state index in [-0.39, 0.29) is 6.54 Å². The quantitative estimate of drug-likeness (QED) is 0.941. The summed E-state index contributed by atoms with van der Waals surface area (Å²) in [7, 11) is 1.50. The SMILES string of the molecule is COc1c(NC(=O)OC(C)(C)C)ccc2cnn(CC#N)c12. The number of nitriles is 1. The number of hydrogen-bond acceptors (Lipinski definition) is 5. The lowest BCUT2D eigenvalue weighted by atomic mass is 10.2. The summed E-state index contributed by atoms with van der Waals surface area (Å²) < 4.78 is 12.1. The van der Waals surface area contributed by atoms with Crippen LogP contribution in [0.2, 0.25) is 0 Å². The molecule has 1 amide bonds. The van der Waals surface area contributed by atoms with Crippen molar-refractivity contribution in [3.05, 3.63) is 18.3 Å². The first-order valence-electron chi connectivity index (χ1n) is 6.75. The van der Waals surface area contributed by atoms with Crippen LogP contribution in [0.25, 0.3) is 10.9 Å². The Labute approximate surface area is 128 Å². The van der Waals surface area contributed by atoms with Gasteiger partial charge < -0.3 is 9.47 Å². The smallest absolute Gasteiger partial charge is 0.412 e. The molecule has 2 rings (SSSR count). The average molecular weight is 302 g/mol. The number of methoxy groups -OCH3 is 1. The highest BCUT2D eigenvalue weighted by atomic mass is 16.6. The van der Waals surface area contributed by atoms with Gasteiger partial charge in [0.25, 0.3) is 0 Å². The summed E-state index contributed by atoms with van der Waals surface area (Å²) in [5.41, 5.74) is 0.519. The molecule has 0 saturated heterocycles. The number of hydrogen-bond donors (Lipinski definition) is 1. The van der Waals surface area contributed by atoms with Crippen molar-refractivity contribution < 1.29 is 14.3 Å². The summed E-state index contributed by atoms with van der Waals surface area (Å²) in [5, 5.41) is 16.5. The maximum atomic E-state index is 11.9. The molecule has 0 aliphatic rings. The number of carbonyl (C=O) groups is 1. The van der Waals surface area contributed by atoms with Gasteiger partial charge in [-0.05, 0) is 32.9 Å². The van der Waals surface area contributed by atoms with E-state index >= 15 is 0 Å². The van der Waals surface area contributed by atoms with Crippen molar-refractivity contribution in [2.45, 2.75) is 32.9 Å². The van der Waals surface area contributed by atoms with E-state index in [1.807, 2.05) is 6.07 Å². The molecule has 1 aromatic carbocycles. The lowest BCUT2D eigenvalue weighted by Gasteiger charge is -2.20. The number of amides is 1. The van der Waals surface area contributed by atoms with Gasteiger partial charge in [0.1, 0.15) is 17.7 Å². The summed E-state index contributed by atoms with van der Waals surface area (Å²) in [4.78, 5) is 11.9. The fourth-order valence-electron chi connectivity index (χ4n) is 2.05. The predicted molar refractivity (Wildman–Crippen MR) is 81.8 cm³/mol. The van der Waals surface area contributed by atoms with Gasteiger partial charge in [0, 0.05) is 5.39 Å². The fraction of sp³-hybridized carbons (Fsp3) is 0.400. The van der Waals surface area contributed by atoms with Crippen molar-refractivity contribution in [2.75, 3.05) is 12.4 Å². The second-order valence-corrected chi connectivity index (χ2v) is 5.67. The maximum Gasteiger partial charge on any atom is 0.412 e. The first kappa shape index (κ1) is 15.6. The monoisotopic (exact) mass is 302 g/mol. The van der Waals surface area contributed by atoms with Crippen LogP contribution in [0.4, 0.5) is 10.5 Å². The van der Waals surface area contributed by atoms with Gasteiger partial charge in [0.15, 0.2) is 5.75 Å². The van der Waals surface area contributed by atoms with Gasteiger partial charge in [0.05, 0.1) is 25.1 Å². The van der Waals surface area contributed by atoms with E-state index in [2.05, 4.69) is 10.4 Å². The van der Waals surface area contributed by atoms with Gasteiger partial charge in [0.2, 0.25) is 0 Å². The predicted octanol–water partition coefficient (Wildman–Crippen LogP) is 2.92. The van der Waals surface area contributed by atoms with Crippen LogP contribution in [-0.4, -0.2) is 28.6 Å². The molecule has 116 valence electrons. The first-order chi connectivity index (χ1) is 10.4. The Balaban J connectivity index is 2.40. The van der Waals surface area contributed by atoms with Crippen molar-refractivity contribution in [1.29, 1.82) is 5.26 Å². The van der Waals surface area contributed by atoms with Gasteiger partial charge in [-0.2, -0.15) is 10.4 Å². The lowest BCUT2D eigenvalue weighted by molar-refractivity contribution is 0.0635. The lowest BCUT2D eigenvalue weighted by Crippen LogP contribution is -2.27. The van der Waals surface area contributed by atoms with Crippen molar-refractivity contribution in [2.24, 2.45) is 0 Å². The molecule has 1 aromatic heterocycles. The number of aromatic nitrogens is 2. The topological polar surface area (TPSA) is 89.2 Å².